The monoisotopic (exact) mass is 418 g/mol. The molecule has 1 aromatic carbocycles. The van der Waals surface area contributed by atoms with Crippen LogP contribution in [-0.4, -0.2) is 66.8 Å². The van der Waals surface area contributed by atoms with Crippen molar-refractivity contribution in [2.24, 2.45) is 0 Å². The lowest BCUT2D eigenvalue weighted by atomic mass is 10.2. The fourth-order valence-electron chi connectivity index (χ4n) is 3.00. The first-order chi connectivity index (χ1) is 14.0. The van der Waals surface area contributed by atoms with Gasteiger partial charge in [-0.05, 0) is 29.8 Å². The highest BCUT2D eigenvalue weighted by Gasteiger charge is 2.23. The number of hydrogen-bond donors (Lipinski definition) is 2. The zero-order valence-corrected chi connectivity index (χ0v) is 16.7. The first kappa shape index (κ1) is 20.9. The Bertz CT molecular complexity index is 831. The maximum atomic E-state index is 12.2. The van der Waals surface area contributed by atoms with E-state index in [4.69, 9.17) is 16.0 Å². The number of piperazine rings is 1. The topological polar surface area (TPSA) is 94.9 Å². The van der Waals surface area contributed by atoms with Crippen LogP contribution in [0.4, 0.5) is 0 Å². The number of rotatable bonds is 6. The predicted octanol–water partition coefficient (Wildman–Crippen LogP) is 1.12. The molecule has 0 unspecified atom stereocenters. The van der Waals surface area contributed by atoms with Gasteiger partial charge in [-0.3, -0.25) is 19.3 Å². The van der Waals surface area contributed by atoms with Crippen molar-refractivity contribution in [1.29, 1.82) is 0 Å². The van der Waals surface area contributed by atoms with Crippen molar-refractivity contribution < 1.29 is 18.8 Å². The Kier molecular flexibility index (Phi) is 7.26. The largest absolute Gasteiger partial charge is 0.459 e. The van der Waals surface area contributed by atoms with Gasteiger partial charge in [-0.1, -0.05) is 23.7 Å². The molecule has 2 N–H and O–H groups in total. The van der Waals surface area contributed by atoms with Crippen molar-refractivity contribution in [3.05, 3.63) is 59.0 Å². The molecule has 1 aromatic heterocycles. The molecular formula is C20H23ClN4O4. The van der Waals surface area contributed by atoms with Gasteiger partial charge >= 0.3 is 11.8 Å². The Morgan fingerprint density at radius 3 is 2.31 bits per heavy atom. The zero-order chi connectivity index (χ0) is 20.6. The van der Waals surface area contributed by atoms with E-state index in [-0.39, 0.29) is 12.5 Å². The summed E-state index contributed by atoms with van der Waals surface area (Å²) in [5.74, 6) is -1.10. The van der Waals surface area contributed by atoms with Crippen LogP contribution in [-0.2, 0) is 16.1 Å². The summed E-state index contributed by atoms with van der Waals surface area (Å²) >= 11 is 5.81. The van der Waals surface area contributed by atoms with Gasteiger partial charge in [0.2, 0.25) is 0 Å². The third-order valence-corrected chi connectivity index (χ3v) is 4.93. The Morgan fingerprint density at radius 1 is 0.966 bits per heavy atom. The van der Waals surface area contributed by atoms with E-state index in [0.717, 1.165) is 5.56 Å². The van der Waals surface area contributed by atoms with Crippen molar-refractivity contribution in [2.45, 2.75) is 6.54 Å². The average Bonchev–Trinajstić information content (AvgIpc) is 3.28. The summed E-state index contributed by atoms with van der Waals surface area (Å²) in [6.07, 6.45) is 1.48. The van der Waals surface area contributed by atoms with Gasteiger partial charge < -0.3 is 20.0 Å². The molecule has 1 aliphatic heterocycles. The van der Waals surface area contributed by atoms with Gasteiger partial charge in [0.1, 0.15) is 0 Å². The Hall–Kier alpha value is -2.84. The number of nitrogens with one attached hydrogen (secondary N) is 2. The summed E-state index contributed by atoms with van der Waals surface area (Å²) in [5.41, 5.74) is 0.859. The van der Waals surface area contributed by atoms with Gasteiger partial charge in [-0.2, -0.15) is 0 Å². The quantitative estimate of drug-likeness (QED) is 0.685. The Labute approximate surface area is 173 Å². The molecule has 2 heterocycles. The molecule has 0 aliphatic carbocycles. The van der Waals surface area contributed by atoms with Gasteiger partial charge in [-0.15, -0.1) is 0 Å². The molecular weight excluding hydrogens is 396 g/mol. The first-order valence-electron chi connectivity index (χ1n) is 9.38. The smallest absolute Gasteiger partial charge is 0.309 e. The number of furan rings is 1. The van der Waals surface area contributed by atoms with Gasteiger partial charge in [-0.25, -0.2) is 0 Å². The number of halogens is 1. The second-order valence-corrected chi connectivity index (χ2v) is 7.11. The summed E-state index contributed by atoms with van der Waals surface area (Å²) in [6.45, 7) is 3.81. The fourth-order valence-corrected chi connectivity index (χ4v) is 3.13. The molecule has 29 heavy (non-hydrogen) atoms. The van der Waals surface area contributed by atoms with E-state index < -0.39 is 11.8 Å². The number of carbonyl (C=O) groups is 3. The molecule has 0 atom stereocenters. The normalized spacial score (nSPS) is 14.4. The van der Waals surface area contributed by atoms with Crippen molar-refractivity contribution >= 4 is 29.3 Å². The highest BCUT2D eigenvalue weighted by Crippen LogP contribution is 2.10. The minimum absolute atomic E-state index is 0.111. The van der Waals surface area contributed by atoms with Crippen LogP contribution in [0.15, 0.2) is 47.1 Å². The number of benzene rings is 1. The third-order valence-electron chi connectivity index (χ3n) is 4.68. The van der Waals surface area contributed by atoms with E-state index in [1.807, 2.05) is 0 Å². The molecule has 0 radical (unpaired) electrons. The second kappa shape index (κ2) is 10.1. The van der Waals surface area contributed by atoms with Crippen LogP contribution in [0.5, 0.6) is 0 Å². The second-order valence-electron chi connectivity index (χ2n) is 6.68. The SMILES string of the molecule is O=C(NCCN1CCN(C(=O)c2ccco2)CC1)C(=O)NCc1ccc(Cl)cc1. The molecule has 0 saturated carbocycles. The third kappa shape index (κ3) is 6.07. The number of hydrogen-bond acceptors (Lipinski definition) is 5. The molecule has 9 heteroatoms. The molecule has 2 aromatic rings. The van der Waals surface area contributed by atoms with Crippen molar-refractivity contribution in [3.63, 3.8) is 0 Å². The maximum Gasteiger partial charge on any atom is 0.309 e. The van der Waals surface area contributed by atoms with Crippen LogP contribution < -0.4 is 10.6 Å². The molecule has 3 amide bonds. The van der Waals surface area contributed by atoms with Crippen LogP contribution in [0.25, 0.3) is 0 Å². The van der Waals surface area contributed by atoms with Crippen LogP contribution in [0.1, 0.15) is 16.1 Å². The first-order valence-corrected chi connectivity index (χ1v) is 9.76. The highest BCUT2D eigenvalue weighted by molar-refractivity contribution is 6.35. The van der Waals surface area contributed by atoms with Crippen LogP contribution in [0.3, 0.4) is 0 Å². The van der Waals surface area contributed by atoms with Crippen LogP contribution >= 0.6 is 11.6 Å². The van der Waals surface area contributed by atoms with Crippen molar-refractivity contribution in [1.82, 2.24) is 20.4 Å². The molecule has 1 saturated heterocycles. The lowest BCUT2D eigenvalue weighted by Gasteiger charge is -2.34. The summed E-state index contributed by atoms with van der Waals surface area (Å²) in [7, 11) is 0. The van der Waals surface area contributed by atoms with Gasteiger partial charge in [0.25, 0.3) is 5.91 Å². The Morgan fingerprint density at radius 2 is 1.66 bits per heavy atom. The van der Waals surface area contributed by atoms with Gasteiger partial charge in [0.05, 0.1) is 6.26 Å². The van der Waals surface area contributed by atoms with E-state index >= 15 is 0 Å². The van der Waals surface area contributed by atoms with Crippen molar-refractivity contribution in [3.8, 4) is 0 Å². The molecule has 0 bridgehead atoms. The van der Waals surface area contributed by atoms with E-state index in [9.17, 15) is 14.4 Å². The molecule has 3 rings (SSSR count). The molecule has 154 valence electrons. The van der Waals surface area contributed by atoms with E-state index in [1.165, 1.54) is 6.26 Å². The maximum absolute atomic E-state index is 12.2. The van der Waals surface area contributed by atoms with Crippen molar-refractivity contribution in [2.75, 3.05) is 39.3 Å². The molecule has 1 aliphatic rings. The summed E-state index contributed by atoms with van der Waals surface area (Å²) < 4.78 is 5.15. The lowest BCUT2D eigenvalue weighted by Crippen LogP contribution is -2.50. The molecule has 8 nitrogen and oxygen atoms in total. The summed E-state index contributed by atoms with van der Waals surface area (Å²) in [6, 6.07) is 10.4. The average molecular weight is 419 g/mol. The highest BCUT2D eigenvalue weighted by atomic mass is 35.5. The molecule has 1 fully saturated rings. The number of amides is 3. The molecule has 0 spiro atoms. The van der Waals surface area contributed by atoms with E-state index in [1.54, 1.807) is 41.3 Å². The predicted molar refractivity (Wildman–Crippen MR) is 107 cm³/mol. The summed E-state index contributed by atoms with van der Waals surface area (Å²) in [5, 5.41) is 5.81. The van der Waals surface area contributed by atoms with Gasteiger partial charge in [0, 0.05) is 50.8 Å². The van der Waals surface area contributed by atoms with Crippen LogP contribution in [0, 0.1) is 0 Å². The zero-order valence-electron chi connectivity index (χ0n) is 15.9. The minimum atomic E-state index is -0.672. The van der Waals surface area contributed by atoms with Crippen LogP contribution in [0.2, 0.25) is 5.02 Å². The number of nitrogens with zero attached hydrogens (tertiary/aromatic N) is 2. The Balaban J connectivity index is 1.31. The standard InChI is InChI=1S/C20H23ClN4O4/c21-16-5-3-15(4-6-16)14-23-19(27)18(26)22-7-8-24-9-11-25(12-10-24)20(28)17-2-1-13-29-17/h1-6,13H,7-12,14H2,(H,22,26)(H,23,27). The number of carbonyl (C=O) groups excluding carboxylic acids is 3. The van der Waals surface area contributed by atoms with Gasteiger partial charge in [0.15, 0.2) is 5.76 Å². The van der Waals surface area contributed by atoms with E-state index in [2.05, 4.69) is 15.5 Å². The fraction of sp³-hybridized carbons (Fsp3) is 0.350. The van der Waals surface area contributed by atoms with E-state index in [0.29, 0.717) is 50.1 Å². The summed E-state index contributed by atoms with van der Waals surface area (Å²) in [4.78, 5) is 39.9. The minimum Gasteiger partial charge on any atom is -0.459 e. The lowest BCUT2D eigenvalue weighted by molar-refractivity contribution is -0.139.